The largest absolute Gasteiger partial charge is 0.463 e. The lowest BCUT2D eigenvalue weighted by atomic mass is 9.47. The summed E-state index contributed by atoms with van der Waals surface area (Å²) in [5.41, 5.74) is -4.89. The maximum absolute atomic E-state index is 12.8. The Bertz CT molecular complexity index is 2570. The number of aliphatic hydroxyl groups is 2. The predicted octanol–water partition coefficient (Wildman–Crippen LogP) is 11.8. The predicted molar refractivity (Wildman–Crippen MR) is 340 cm³/mol. The van der Waals surface area contributed by atoms with E-state index in [0.29, 0.717) is 69.5 Å². The van der Waals surface area contributed by atoms with E-state index in [0.717, 1.165) is 74.7 Å². The van der Waals surface area contributed by atoms with Crippen molar-refractivity contribution < 1.29 is 91.2 Å². The molecule has 3 aliphatic heterocycles. The van der Waals surface area contributed by atoms with Crippen molar-refractivity contribution in [1.82, 2.24) is 0 Å². The highest BCUT2D eigenvalue weighted by atomic mass is 32.2. The summed E-state index contributed by atoms with van der Waals surface area (Å²) in [6.07, 6.45) is 14.4. The molecule has 19 nitrogen and oxygen atoms in total. The van der Waals surface area contributed by atoms with Crippen LogP contribution in [0.15, 0.2) is 0 Å². The van der Waals surface area contributed by atoms with Crippen molar-refractivity contribution in [3.05, 3.63) is 0 Å². The van der Waals surface area contributed by atoms with E-state index in [1.54, 1.807) is 39.5 Å². The zero-order chi connectivity index (χ0) is 67.7. The molecule has 2 N–H and O–H groups in total. The maximum atomic E-state index is 12.8. The van der Waals surface area contributed by atoms with Crippen LogP contribution < -0.4 is 0 Å². The Balaban J connectivity index is 0.000000164. The highest BCUT2D eigenvalue weighted by Crippen LogP contribution is 2.63. The SMILES string of the molecule is CCC(C)(C)C(=O)OC1(C(C)C)C2CC3CC(C2)CC1C3.CCC(C)(C)C(=O)OC12CC3CC(O)(CC(O)(C3)C1)C2.CCC(C)(C)C(=O)OC1CCOC1=O.CCC(C)(C)C(=O)OC1CSCCO1.CCC(C)(C)C(=O)OCC(=O)OC1C2CC3C(=O)OC1C3C2. The average molecular weight is 1300 g/mol. The summed E-state index contributed by atoms with van der Waals surface area (Å²) >= 11 is 1.76. The molecule has 0 aromatic heterocycles. The number of fused-ring (bicyclic) bond motifs is 1. The van der Waals surface area contributed by atoms with Crippen LogP contribution >= 0.6 is 11.8 Å². The van der Waals surface area contributed by atoms with Crippen LogP contribution in [0.3, 0.4) is 0 Å². The average Bonchev–Trinajstić information content (AvgIpc) is 1.42. The first kappa shape index (κ1) is 74.4. The highest BCUT2D eigenvalue weighted by molar-refractivity contribution is 7.99. The minimum atomic E-state index is -0.842. The van der Waals surface area contributed by atoms with Crippen molar-refractivity contribution >= 4 is 59.5 Å². The molecule has 13 rings (SSSR count). The number of cyclic esters (lactones) is 1. The van der Waals surface area contributed by atoms with Crippen molar-refractivity contribution in [1.29, 1.82) is 0 Å². The Kier molecular flexibility index (Phi) is 23.5. The molecule has 9 unspecified atom stereocenters. The number of hydrogen-bond acceptors (Lipinski definition) is 20. The van der Waals surface area contributed by atoms with Gasteiger partial charge in [-0.05, 0) is 201 Å². The minimum absolute atomic E-state index is 0.00636. The third kappa shape index (κ3) is 17.0. The highest BCUT2D eigenvalue weighted by Gasteiger charge is 2.66. The number of hydrogen-bond donors (Lipinski definition) is 2. The first-order valence-corrected chi connectivity index (χ1v) is 35.7. The molecule has 518 valence electrons. The van der Waals surface area contributed by atoms with Crippen LogP contribution in [0.2, 0.25) is 0 Å². The fraction of sp³-hybridized carbons (Fsp3) is 0.887. The molecule has 91 heavy (non-hydrogen) atoms. The quantitative estimate of drug-likeness (QED) is 0.0954. The summed E-state index contributed by atoms with van der Waals surface area (Å²) < 4.78 is 48.4. The number of esters is 8. The lowest BCUT2D eigenvalue weighted by molar-refractivity contribution is -0.264. The monoisotopic (exact) mass is 1300 g/mol. The Labute approximate surface area is 546 Å². The van der Waals surface area contributed by atoms with Crippen molar-refractivity contribution in [2.75, 3.05) is 31.3 Å². The van der Waals surface area contributed by atoms with Crippen LogP contribution in [0.25, 0.3) is 0 Å². The Morgan fingerprint density at radius 3 is 1.56 bits per heavy atom. The summed E-state index contributed by atoms with van der Waals surface area (Å²) in [4.78, 5) is 94.8. The van der Waals surface area contributed by atoms with Gasteiger partial charge in [-0.3, -0.25) is 28.8 Å². The molecule has 9 atom stereocenters. The molecule has 0 amide bonds. The number of carbonyl (C=O) groups excluding carboxylic acids is 8. The van der Waals surface area contributed by atoms with E-state index in [1.165, 1.54) is 32.1 Å². The minimum Gasteiger partial charge on any atom is -0.463 e. The van der Waals surface area contributed by atoms with Crippen molar-refractivity contribution in [3.8, 4) is 0 Å². The first-order valence-electron chi connectivity index (χ1n) is 34.5. The molecule has 10 aliphatic carbocycles. The number of ether oxygens (including phenoxy) is 9. The third-order valence-corrected chi connectivity index (χ3v) is 24.2. The Hall–Kier alpha value is -4.01. The van der Waals surface area contributed by atoms with E-state index >= 15 is 0 Å². The van der Waals surface area contributed by atoms with Crippen LogP contribution in [-0.2, 0) is 81.0 Å². The zero-order valence-electron chi connectivity index (χ0n) is 58.2. The second kappa shape index (κ2) is 28.7. The number of rotatable bonds is 18. The van der Waals surface area contributed by atoms with Gasteiger partial charge in [0.05, 0.1) is 63.2 Å². The van der Waals surface area contributed by atoms with Crippen LogP contribution in [-0.4, -0.2) is 136 Å². The first-order chi connectivity index (χ1) is 42.2. The third-order valence-electron chi connectivity index (χ3n) is 23.2. The van der Waals surface area contributed by atoms with Gasteiger partial charge in [-0.2, -0.15) is 11.8 Å². The molecule has 0 spiro atoms. The van der Waals surface area contributed by atoms with Crippen LogP contribution in [0.4, 0.5) is 0 Å². The molecule has 10 bridgehead atoms. The van der Waals surface area contributed by atoms with E-state index in [1.807, 2.05) is 69.2 Å². The van der Waals surface area contributed by atoms with Gasteiger partial charge < -0.3 is 52.8 Å². The van der Waals surface area contributed by atoms with Gasteiger partial charge >= 0.3 is 47.8 Å². The van der Waals surface area contributed by atoms with Crippen LogP contribution in [0, 0.1) is 80.3 Å². The van der Waals surface area contributed by atoms with Gasteiger partial charge in [0, 0.05) is 43.3 Å². The van der Waals surface area contributed by atoms with Gasteiger partial charge in [0.15, 0.2) is 6.61 Å². The molecule has 13 aliphatic rings. The summed E-state index contributed by atoms with van der Waals surface area (Å²) in [6, 6.07) is 0. The number of thioether (sulfide) groups is 1. The lowest BCUT2D eigenvalue weighted by Crippen LogP contribution is -2.67. The van der Waals surface area contributed by atoms with Crippen LogP contribution in [0.5, 0.6) is 0 Å². The van der Waals surface area contributed by atoms with E-state index in [-0.39, 0.29) is 89.6 Å². The fourth-order valence-electron chi connectivity index (χ4n) is 16.1. The topological polar surface area (TPSA) is 260 Å². The van der Waals surface area contributed by atoms with Crippen molar-refractivity contribution in [3.63, 3.8) is 0 Å². The summed E-state index contributed by atoms with van der Waals surface area (Å²) in [5.74, 6) is 3.67. The van der Waals surface area contributed by atoms with Gasteiger partial charge in [0.1, 0.15) is 23.4 Å². The zero-order valence-corrected chi connectivity index (χ0v) is 59.0. The fourth-order valence-corrected chi connectivity index (χ4v) is 16.9. The van der Waals surface area contributed by atoms with Crippen molar-refractivity contribution in [2.45, 2.75) is 287 Å². The molecule has 0 aromatic carbocycles. The lowest BCUT2D eigenvalue weighted by Gasteiger charge is -2.62. The summed E-state index contributed by atoms with van der Waals surface area (Å²) in [7, 11) is 0. The van der Waals surface area contributed by atoms with Crippen LogP contribution in [0.1, 0.15) is 240 Å². The molecule has 10 saturated carbocycles. The molecule has 3 heterocycles. The van der Waals surface area contributed by atoms with E-state index in [2.05, 4.69) is 20.8 Å². The smallest absolute Gasteiger partial charge is 0.347 e. The van der Waals surface area contributed by atoms with Gasteiger partial charge in [0.2, 0.25) is 12.4 Å². The van der Waals surface area contributed by atoms with E-state index in [4.69, 9.17) is 42.6 Å². The normalized spacial score (nSPS) is 35.3. The molecule has 0 aromatic rings. The molecule has 0 radical (unpaired) electrons. The standard InChI is InChI=1S/C19H32O2.C16H22O6.C16H26O4.C10H16O4.C10H18O3S/c1-6-18(4,5)17(20)21-19(12(2)3)15-8-13-7-14(10-15)11-16(19)9-13;1-4-16(2,3)15(19)20-7-11(17)21-12-8-5-9-10(6-8)14(18)22-13(9)12;1-4-13(2,3)12(17)20-16-7-11-5-14(18,9-16)8-15(19,6-11)10-16;1-4-10(2,3)9(12)14-7-5-6-13-8(7)11;1-4-10(2,3)9(11)13-8-7-14-6-5-12-8/h12-16H,6-11H2,1-5H3;8-10,12-13H,4-7H2,1-3H3;11,18-19H,4-10H2,1-3H3;7H,4-6H2,1-3H3;8H,4-7H2,1-3H3. The van der Waals surface area contributed by atoms with Gasteiger partial charge in [0.25, 0.3) is 0 Å². The summed E-state index contributed by atoms with van der Waals surface area (Å²) in [5, 5.41) is 21.3. The van der Waals surface area contributed by atoms with Gasteiger partial charge in [-0.25, -0.2) is 9.59 Å². The second-order valence-electron chi connectivity index (χ2n) is 32.5. The Morgan fingerprint density at radius 2 is 1.09 bits per heavy atom. The van der Waals surface area contributed by atoms with Crippen molar-refractivity contribution in [2.24, 2.45) is 80.3 Å². The molecule has 3 saturated heterocycles. The molecular formula is C71H114O19S. The molecular weight excluding hydrogens is 1190 g/mol. The second-order valence-corrected chi connectivity index (χ2v) is 33.6. The Morgan fingerprint density at radius 1 is 0.582 bits per heavy atom. The van der Waals surface area contributed by atoms with E-state index < -0.39 is 62.5 Å². The van der Waals surface area contributed by atoms with Gasteiger partial charge in [-0.15, -0.1) is 0 Å². The molecule has 20 heteroatoms. The number of carbonyl (C=O) groups is 8. The molecule has 13 fully saturated rings. The van der Waals surface area contributed by atoms with Gasteiger partial charge in [-0.1, -0.05) is 48.5 Å². The maximum Gasteiger partial charge on any atom is 0.347 e. The van der Waals surface area contributed by atoms with E-state index in [9.17, 15) is 48.6 Å². The summed E-state index contributed by atoms with van der Waals surface area (Å²) in [6.45, 7) is 33.8.